The number of nitrogens with zero attached hydrogens (tertiary/aromatic N) is 3. The molecule has 0 bridgehead atoms. The third-order valence-corrected chi connectivity index (χ3v) is 5.79. The molecule has 0 saturated carbocycles. The van der Waals surface area contributed by atoms with Gasteiger partial charge in [0.25, 0.3) is 0 Å². The molecule has 168 valence electrons. The number of nitrogens with one attached hydrogen (secondary N) is 1. The van der Waals surface area contributed by atoms with Crippen molar-refractivity contribution < 1.29 is 14.3 Å². The van der Waals surface area contributed by atoms with E-state index in [0.29, 0.717) is 35.6 Å². The predicted molar refractivity (Wildman–Crippen MR) is 126 cm³/mol. The Hall–Kier alpha value is -2.84. The van der Waals surface area contributed by atoms with Gasteiger partial charge in [0.15, 0.2) is 11.0 Å². The molecule has 1 heterocycles. The molecule has 0 fully saturated rings. The maximum Gasteiger partial charge on any atom is 0.305 e. The molecule has 0 radical (unpaired) electrons. The highest BCUT2D eigenvalue weighted by Crippen LogP contribution is 2.30. The minimum Gasteiger partial charge on any atom is -0.466 e. The van der Waals surface area contributed by atoms with E-state index in [9.17, 15) is 9.59 Å². The smallest absolute Gasteiger partial charge is 0.305 e. The van der Waals surface area contributed by atoms with Crippen LogP contribution in [0.25, 0.3) is 17.1 Å². The summed E-state index contributed by atoms with van der Waals surface area (Å²) in [7, 11) is 0. The fourth-order valence-corrected chi connectivity index (χ4v) is 3.96. The van der Waals surface area contributed by atoms with E-state index >= 15 is 0 Å². The third-order valence-electron chi connectivity index (χ3n) is 4.61. The first kappa shape index (κ1) is 23.8. The highest BCUT2D eigenvalue weighted by Gasteiger charge is 2.18. The van der Waals surface area contributed by atoms with Crippen LogP contribution in [0.1, 0.15) is 25.3 Å². The Bertz CT molecular complexity index is 1070. The topological polar surface area (TPSA) is 86.1 Å². The maximum absolute atomic E-state index is 12.3. The average Bonchev–Trinajstić information content (AvgIpc) is 3.20. The molecular weight excluding hydrogens is 448 g/mol. The number of carbonyl (C=O) groups is 2. The molecule has 0 atom stereocenters. The Morgan fingerprint density at radius 2 is 1.88 bits per heavy atom. The molecule has 0 aliphatic carbocycles. The minimum atomic E-state index is -0.253. The second-order valence-corrected chi connectivity index (χ2v) is 8.36. The van der Waals surface area contributed by atoms with Gasteiger partial charge in [-0.25, -0.2) is 0 Å². The Balaban J connectivity index is 1.71. The van der Waals surface area contributed by atoms with Crippen LogP contribution in [-0.2, 0) is 14.3 Å². The van der Waals surface area contributed by atoms with Crippen LogP contribution < -0.4 is 5.32 Å². The molecule has 3 rings (SSSR count). The van der Waals surface area contributed by atoms with Crippen molar-refractivity contribution in [2.75, 3.05) is 18.9 Å². The van der Waals surface area contributed by atoms with Gasteiger partial charge in [0.2, 0.25) is 5.91 Å². The lowest BCUT2D eigenvalue weighted by molar-refractivity contribution is -0.143. The predicted octanol–water partition coefficient (Wildman–Crippen LogP) is 4.45. The van der Waals surface area contributed by atoms with Crippen molar-refractivity contribution in [2.45, 2.75) is 31.8 Å². The van der Waals surface area contributed by atoms with E-state index in [0.717, 1.165) is 16.8 Å². The van der Waals surface area contributed by atoms with E-state index in [1.807, 2.05) is 60.0 Å². The molecule has 0 unspecified atom stereocenters. The molecule has 0 saturated heterocycles. The van der Waals surface area contributed by atoms with Crippen molar-refractivity contribution in [3.8, 4) is 17.1 Å². The van der Waals surface area contributed by atoms with Crippen LogP contribution in [0.15, 0.2) is 53.7 Å². The highest BCUT2D eigenvalue weighted by atomic mass is 35.5. The number of amides is 1. The first-order valence-corrected chi connectivity index (χ1v) is 11.7. The number of esters is 1. The van der Waals surface area contributed by atoms with E-state index in [-0.39, 0.29) is 24.1 Å². The number of carbonyl (C=O) groups excluding carboxylic acids is 2. The molecule has 7 nitrogen and oxygen atoms in total. The van der Waals surface area contributed by atoms with Crippen LogP contribution in [0.2, 0.25) is 5.02 Å². The maximum atomic E-state index is 12.3. The zero-order valence-corrected chi connectivity index (χ0v) is 19.6. The van der Waals surface area contributed by atoms with Gasteiger partial charge >= 0.3 is 5.97 Å². The quantitative estimate of drug-likeness (QED) is 0.266. The molecule has 3 aromatic rings. The van der Waals surface area contributed by atoms with Gasteiger partial charge in [-0.15, -0.1) is 10.2 Å². The normalized spacial score (nSPS) is 10.7. The summed E-state index contributed by atoms with van der Waals surface area (Å²) >= 11 is 7.35. The Labute approximate surface area is 196 Å². The molecular formula is C23H25ClN4O3S. The van der Waals surface area contributed by atoms with E-state index in [2.05, 4.69) is 15.5 Å². The number of halogens is 1. The van der Waals surface area contributed by atoms with Crippen molar-refractivity contribution in [3.05, 3.63) is 59.1 Å². The number of hydrogen-bond donors (Lipinski definition) is 1. The Kier molecular flexibility index (Phi) is 8.70. The second-order valence-electron chi connectivity index (χ2n) is 6.98. The van der Waals surface area contributed by atoms with Crippen molar-refractivity contribution in [3.63, 3.8) is 0 Å². The minimum absolute atomic E-state index is 0.133. The highest BCUT2D eigenvalue weighted by molar-refractivity contribution is 7.99. The summed E-state index contributed by atoms with van der Waals surface area (Å²) in [5, 5.41) is 12.8. The molecule has 1 amide bonds. The third kappa shape index (κ3) is 6.34. The number of aryl methyl sites for hydroxylation is 1. The molecule has 9 heteroatoms. The van der Waals surface area contributed by atoms with Gasteiger partial charge in [-0.3, -0.25) is 14.2 Å². The zero-order chi connectivity index (χ0) is 22.9. The Morgan fingerprint density at radius 3 is 2.59 bits per heavy atom. The van der Waals surface area contributed by atoms with Crippen molar-refractivity contribution in [2.24, 2.45) is 0 Å². The van der Waals surface area contributed by atoms with E-state index in [4.69, 9.17) is 16.3 Å². The van der Waals surface area contributed by atoms with E-state index in [1.165, 1.54) is 11.8 Å². The lowest BCUT2D eigenvalue weighted by atomic mass is 10.1. The number of para-hydroxylation sites is 1. The lowest BCUT2D eigenvalue weighted by Crippen LogP contribution is -2.26. The summed E-state index contributed by atoms with van der Waals surface area (Å²) < 4.78 is 6.84. The zero-order valence-electron chi connectivity index (χ0n) is 18.0. The molecule has 0 aliphatic rings. The fourth-order valence-electron chi connectivity index (χ4n) is 3.06. The molecule has 2 aromatic carbocycles. The molecule has 1 N–H and O–H groups in total. The molecule has 1 aromatic heterocycles. The van der Waals surface area contributed by atoms with Crippen LogP contribution in [0.4, 0.5) is 0 Å². The lowest BCUT2D eigenvalue weighted by Gasteiger charge is -2.13. The Morgan fingerprint density at radius 1 is 1.12 bits per heavy atom. The van der Waals surface area contributed by atoms with Crippen LogP contribution in [-0.4, -0.2) is 45.5 Å². The second kappa shape index (κ2) is 11.7. The average molecular weight is 473 g/mol. The summed E-state index contributed by atoms with van der Waals surface area (Å²) in [5.41, 5.74) is 2.88. The molecule has 32 heavy (non-hydrogen) atoms. The standard InChI is InChI=1S/C23H25ClN4O3S/c1-3-31-21(30)9-6-14-25-20(29)15-32-23-27-26-22(17-10-12-18(24)13-11-17)28(23)19-8-5-4-7-16(19)2/h4-5,7-8,10-13H,3,6,9,14-15H2,1-2H3,(H,25,29). The van der Waals surface area contributed by atoms with Gasteiger partial charge in [0.1, 0.15) is 0 Å². The fraction of sp³-hybridized carbons (Fsp3) is 0.304. The first-order valence-electron chi connectivity index (χ1n) is 10.3. The van der Waals surface area contributed by atoms with Crippen molar-refractivity contribution in [1.82, 2.24) is 20.1 Å². The van der Waals surface area contributed by atoms with Crippen LogP contribution >= 0.6 is 23.4 Å². The number of hydrogen-bond acceptors (Lipinski definition) is 6. The monoisotopic (exact) mass is 472 g/mol. The first-order chi connectivity index (χ1) is 15.5. The van der Waals surface area contributed by atoms with Gasteiger partial charge in [0.05, 0.1) is 18.0 Å². The number of rotatable bonds is 10. The van der Waals surface area contributed by atoms with Crippen molar-refractivity contribution in [1.29, 1.82) is 0 Å². The van der Waals surface area contributed by atoms with Gasteiger partial charge in [-0.2, -0.15) is 0 Å². The van der Waals surface area contributed by atoms with Crippen LogP contribution in [0.5, 0.6) is 0 Å². The summed E-state index contributed by atoms with van der Waals surface area (Å²) in [6.07, 6.45) is 0.822. The summed E-state index contributed by atoms with van der Waals surface area (Å²) in [5.74, 6) is 0.473. The largest absolute Gasteiger partial charge is 0.466 e. The number of aromatic nitrogens is 3. The van der Waals surface area contributed by atoms with E-state index < -0.39 is 0 Å². The number of thioether (sulfide) groups is 1. The SMILES string of the molecule is CCOC(=O)CCCNC(=O)CSc1nnc(-c2ccc(Cl)cc2)n1-c1ccccc1C. The molecule has 0 spiro atoms. The van der Waals surface area contributed by atoms with Crippen LogP contribution in [0.3, 0.4) is 0 Å². The van der Waals surface area contributed by atoms with Gasteiger partial charge in [-0.05, 0) is 56.2 Å². The van der Waals surface area contributed by atoms with Gasteiger partial charge in [-0.1, -0.05) is 41.6 Å². The molecule has 0 aliphatic heterocycles. The number of benzene rings is 2. The summed E-state index contributed by atoms with van der Waals surface area (Å²) in [4.78, 5) is 23.7. The summed E-state index contributed by atoms with van der Waals surface area (Å²) in [6, 6.07) is 15.4. The number of ether oxygens (including phenoxy) is 1. The van der Waals surface area contributed by atoms with Crippen LogP contribution in [0, 0.1) is 6.92 Å². The van der Waals surface area contributed by atoms with Crippen molar-refractivity contribution >= 4 is 35.2 Å². The van der Waals surface area contributed by atoms with E-state index in [1.54, 1.807) is 6.92 Å². The summed E-state index contributed by atoms with van der Waals surface area (Å²) in [6.45, 7) is 4.57. The van der Waals surface area contributed by atoms with Gasteiger partial charge < -0.3 is 10.1 Å². The van der Waals surface area contributed by atoms with Gasteiger partial charge in [0, 0.05) is 23.6 Å².